The van der Waals surface area contributed by atoms with Crippen molar-refractivity contribution < 1.29 is 4.74 Å². The standard InChI is InChI=1S/C21H21N5O/c1-14-15(2)26(17-4-6-18(27-3)7-5-17)21-19(14)20(22)25(13-24-21)12-16-8-10-23-11-9-16/h4-11,13,22H,12H2,1-3H3. The molecule has 0 aliphatic rings. The van der Waals surface area contributed by atoms with Crippen LogP contribution in [0.3, 0.4) is 0 Å². The van der Waals surface area contributed by atoms with Crippen LogP contribution in [0.15, 0.2) is 55.1 Å². The summed E-state index contributed by atoms with van der Waals surface area (Å²) in [6.07, 6.45) is 5.27. The molecule has 1 N–H and O–H groups in total. The first-order valence-electron chi connectivity index (χ1n) is 8.75. The van der Waals surface area contributed by atoms with Crippen LogP contribution in [-0.4, -0.2) is 26.2 Å². The lowest BCUT2D eigenvalue weighted by Crippen LogP contribution is -2.21. The summed E-state index contributed by atoms with van der Waals surface area (Å²) in [6.45, 7) is 4.71. The molecule has 3 aromatic heterocycles. The highest BCUT2D eigenvalue weighted by molar-refractivity contribution is 5.82. The summed E-state index contributed by atoms with van der Waals surface area (Å²) in [4.78, 5) is 8.75. The normalized spacial score (nSPS) is 11.1. The van der Waals surface area contributed by atoms with Gasteiger partial charge < -0.3 is 9.30 Å². The molecule has 136 valence electrons. The molecule has 0 saturated carbocycles. The predicted octanol–water partition coefficient (Wildman–Crippen LogP) is 3.38. The molecule has 0 aliphatic carbocycles. The van der Waals surface area contributed by atoms with Gasteiger partial charge in [0, 0.05) is 23.8 Å². The summed E-state index contributed by atoms with van der Waals surface area (Å²) in [5, 5.41) is 9.61. The third-order valence-corrected chi connectivity index (χ3v) is 4.96. The van der Waals surface area contributed by atoms with Gasteiger partial charge in [-0.05, 0) is 61.4 Å². The highest BCUT2D eigenvalue weighted by Gasteiger charge is 2.16. The molecular weight excluding hydrogens is 338 g/mol. The van der Waals surface area contributed by atoms with Crippen LogP contribution in [0, 0.1) is 19.3 Å². The Hall–Kier alpha value is -3.41. The Labute approximate surface area is 157 Å². The molecule has 4 aromatic rings. The van der Waals surface area contributed by atoms with Crippen LogP contribution in [0.25, 0.3) is 16.7 Å². The highest BCUT2D eigenvalue weighted by atomic mass is 16.5. The number of nitrogens with one attached hydrogen (secondary N) is 1. The van der Waals surface area contributed by atoms with Gasteiger partial charge in [0.25, 0.3) is 0 Å². The topological polar surface area (TPSA) is 68.7 Å². The number of fused-ring (bicyclic) bond motifs is 1. The summed E-state index contributed by atoms with van der Waals surface area (Å²) in [5.41, 5.74) is 5.51. The molecule has 4 rings (SSSR count). The zero-order valence-corrected chi connectivity index (χ0v) is 15.6. The van der Waals surface area contributed by atoms with Crippen molar-refractivity contribution in [3.8, 4) is 11.4 Å². The molecule has 0 fully saturated rings. The molecule has 6 heteroatoms. The Morgan fingerprint density at radius 1 is 1.04 bits per heavy atom. The van der Waals surface area contributed by atoms with Gasteiger partial charge in [-0.15, -0.1) is 0 Å². The lowest BCUT2D eigenvalue weighted by molar-refractivity contribution is 0.415. The van der Waals surface area contributed by atoms with Gasteiger partial charge in [0.05, 0.1) is 25.4 Å². The van der Waals surface area contributed by atoms with E-state index in [2.05, 4.69) is 16.5 Å². The number of aromatic nitrogens is 4. The molecule has 0 atom stereocenters. The van der Waals surface area contributed by atoms with Gasteiger partial charge in [-0.25, -0.2) is 4.98 Å². The smallest absolute Gasteiger partial charge is 0.150 e. The summed E-state index contributed by atoms with van der Waals surface area (Å²) < 4.78 is 9.22. The van der Waals surface area contributed by atoms with Crippen LogP contribution in [0.4, 0.5) is 0 Å². The van der Waals surface area contributed by atoms with Crippen LogP contribution in [0.2, 0.25) is 0 Å². The number of pyridine rings is 1. The first-order chi connectivity index (χ1) is 13.1. The van der Waals surface area contributed by atoms with Gasteiger partial charge >= 0.3 is 0 Å². The number of benzene rings is 1. The largest absolute Gasteiger partial charge is 0.497 e. The molecular formula is C21H21N5O. The molecule has 0 amide bonds. The molecule has 0 saturated heterocycles. The first-order valence-corrected chi connectivity index (χ1v) is 8.75. The fourth-order valence-corrected chi connectivity index (χ4v) is 3.37. The van der Waals surface area contributed by atoms with E-state index >= 15 is 0 Å². The Balaban J connectivity index is 1.87. The van der Waals surface area contributed by atoms with Gasteiger partial charge in [0.15, 0.2) is 0 Å². The van der Waals surface area contributed by atoms with Gasteiger partial charge in [-0.2, -0.15) is 0 Å². The summed E-state index contributed by atoms with van der Waals surface area (Å²) in [7, 11) is 1.66. The first kappa shape index (κ1) is 17.0. The van der Waals surface area contributed by atoms with Crippen LogP contribution in [-0.2, 0) is 6.54 Å². The monoisotopic (exact) mass is 359 g/mol. The van der Waals surface area contributed by atoms with Gasteiger partial charge in [-0.3, -0.25) is 15.0 Å². The van der Waals surface area contributed by atoms with Gasteiger partial charge in [0.2, 0.25) is 0 Å². The van der Waals surface area contributed by atoms with E-state index in [1.165, 1.54) is 0 Å². The molecule has 1 aromatic carbocycles. The number of ether oxygens (including phenoxy) is 1. The Kier molecular flexibility index (Phi) is 4.24. The quantitative estimate of drug-likeness (QED) is 0.607. The van der Waals surface area contributed by atoms with Crippen molar-refractivity contribution in [1.29, 1.82) is 5.41 Å². The predicted molar refractivity (Wildman–Crippen MR) is 104 cm³/mol. The minimum atomic E-state index is 0.463. The molecule has 0 aliphatic heterocycles. The van der Waals surface area contributed by atoms with Crippen molar-refractivity contribution in [3.63, 3.8) is 0 Å². The van der Waals surface area contributed by atoms with Gasteiger partial charge in [-0.1, -0.05) is 0 Å². The van der Waals surface area contributed by atoms with Crippen LogP contribution in [0.5, 0.6) is 5.75 Å². The summed E-state index contributed by atoms with van der Waals surface area (Å²) in [6, 6.07) is 11.8. The molecule has 0 unspecified atom stereocenters. The van der Waals surface area contributed by atoms with E-state index in [0.717, 1.165) is 39.3 Å². The number of aryl methyl sites for hydroxylation is 1. The fourth-order valence-electron chi connectivity index (χ4n) is 3.37. The Morgan fingerprint density at radius 3 is 2.41 bits per heavy atom. The molecule has 0 bridgehead atoms. The maximum atomic E-state index is 8.74. The fraction of sp³-hybridized carbons (Fsp3) is 0.190. The number of nitrogens with zero attached hydrogens (tertiary/aromatic N) is 4. The lowest BCUT2D eigenvalue weighted by Gasteiger charge is -2.10. The SMILES string of the molecule is COc1ccc(-n2c(C)c(C)c3c(=N)n(Cc4ccncc4)cnc32)cc1. The summed E-state index contributed by atoms with van der Waals surface area (Å²) >= 11 is 0. The average molecular weight is 359 g/mol. The maximum Gasteiger partial charge on any atom is 0.150 e. The lowest BCUT2D eigenvalue weighted by atomic mass is 10.2. The van der Waals surface area contributed by atoms with Gasteiger partial charge in [0.1, 0.15) is 16.9 Å². The third-order valence-electron chi connectivity index (χ3n) is 4.96. The second-order valence-electron chi connectivity index (χ2n) is 6.52. The number of hydrogen-bond acceptors (Lipinski definition) is 4. The molecule has 0 spiro atoms. The van der Waals surface area contributed by atoms with Crippen molar-refractivity contribution in [3.05, 3.63) is 77.4 Å². The van der Waals surface area contributed by atoms with Crippen molar-refractivity contribution in [2.24, 2.45) is 0 Å². The molecule has 0 radical (unpaired) electrons. The molecule has 3 heterocycles. The van der Waals surface area contributed by atoms with Crippen LogP contribution >= 0.6 is 0 Å². The van der Waals surface area contributed by atoms with E-state index in [-0.39, 0.29) is 0 Å². The second kappa shape index (κ2) is 6.72. The zero-order chi connectivity index (χ0) is 19.0. The minimum absolute atomic E-state index is 0.463. The van der Waals surface area contributed by atoms with E-state index in [4.69, 9.17) is 15.1 Å². The highest BCUT2D eigenvalue weighted by Crippen LogP contribution is 2.26. The third kappa shape index (κ3) is 2.89. The van der Waals surface area contributed by atoms with E-state index in [9.17, 15) is 0 Å². The Bertz CT molecular complexity index is 1160. The van der Waals surface area contributed by atoms with E-state index < -0.39 is 0 Å². The van der Waals surface area contributed by atoms with Crippen molar-refractivity contribution in [2.75, 3.05) is 7.11 Å². The number of methoxy groups -OCH3 is 1. The van der Waals surface area contributed by atoms with E-state index in [1.807, 2.05) is 47.9 Å². The summed E-state index contributed by atoms with van der Waals surface area (Å²) in [5.74, 6) is 0.814. The van der Waals surface area contributed by atoms with Crippen LogP contribution < -0.4 is 10.2 Å². The second-order valence-corrected chi connectivity index (χ2v) is 6.52. The molecule has 27 heavy (non-hydrogen) atoms. The number of rotatable bonds is 4. The van der Waals surface area contributed by atoms with Crippen LogP contribution in [0.1, 0.15) is 16.8 Å². The Morgan fingerprint density at radius 2 is 1.74 bits per heavy atom. The minimum Gasteiger partial charge on any atom is -0.497 e. The van der Waals surface area contributed by atoms with E-state index in [1.54, 1.807) is 25.8 Å². The van der Waals surface area contributed by atoms with E-state index in [0.29, 0.717) is 12.0 Å². The average Bonchev–Trinajstić information content (AvgIpc) is 2.96. The van der Waals surface area contributed by atoms with Crippen molar-refractivity contribution >= 4 is 11.0 Å². The molecule has 6 nitrogen and oxygen atoms in total. The number of hydrogen-bond donors (Lipinski definition) is 1. The van der Waals surface area contributed by atoms with Crippen molar-refractivity contribution in [2.45, 2.75) is 20.4 Å². The maximum absolute atomic E-state index is 8.74. The van der Waals surface area contributed by atoms with Crippen molar-refractivity contribution in [1.82, 2.24) is 19.1 Å². The zero-order valence-electron chi connectivity index (χ0n) is 15.6.